The van der Waals surface area contributed by atoms with E-state index in [-0.39, 0.29) is 154 Å². The normalized spacial score (nSPS) is 17.4. The number of aromatic nitrogens is 2. The van der Waals surface area contributed by atoms with E-state index in [1.54, 1.807) is 55.8 Å². The van der Waals surface area contributed by atoms with Crippen LogP contribution in [-0.4, -0.2) is 339 Å². The second-order valence-corrected chi connectivity index (χ2v) is 36.6. The molecule has 0 unspecified atom stereocenters. The number of aliphatic hydroxyl groups is 1. The standard InChI is InChI=1S/C86H126F17N25O18S/c1-45(2)38-54(68(137)125-57(43-129)70(139)123-55(40-47-41-111-44-116-47)69(138)118-49(19-7-9-30-104)65(134)115-42-63(132)126-34-13-22-58(126)71(140)121-53(28-37-147-3)75(144)128-36-15-24-60(128)73(142)124-56(76(145)146)39-46-16-5-4-6-17-46)122-66(135)50(20-11-32-113-77(107)108)119-72(141)59-23-14-35-127(59)74(143)52(21-12-33-114-78(109)110)120-67(136)51(25-26-61(106)130)117-64(133)48(105)18-8-10-31-112-62(131)27-29-79(87,88)80(89,90)81(91,92)82(93,94)83(95,96)84(97,98)85(99,100)86(101,102)103/h4-6,16-17,41,44-45,48-60,129H,7-15,18-40,42-43,104-105H2,1-3H3,(H2,106,130)(H,111,116)(H,112,131)(H,115,134)(H,117,133)(H,118,138)(H,119,141)(H,120,136)(H,121,140)(H,122,135)(H,123,139)(H,124,142)(H,125,137)(H,145,146)(H4,107,108,113)(H4,109,110,114)/t48-,49-,50-,51-,52-,53-,54-,55-,56-,57-,58-,59-,60-/m0/s1. The van der Waals surface area contributed by atoms with E-state index in [0.717, 1.165) is 4.90 Å². The van der Waals surface area contributed by atoms with Crippen LogP contribution in [0.2, 0.25) is 0 Å². The molecule has 15 amide bonds. The van der Waals surface area contributed by atoms with Gasteiger partial charge in [0.2, 0.25) is 88.6 Å². The first-order valence-corrected chi connectivity index (χ1v) is 48.1. The Labute approximate surface area is 835 Å². The van der Waals surface area contributed by atoms with Crippen molar-refractivity contribution < 1.29 is 162 Å². The summed E-state index contributed by atoms with van der Waals surface area (Å²) in [6.07, 6.45) is -11.0. The SMILES string of the molecule is CSCC[C@H](NC(=O)[C@@H]1CCCN1C(=O)CNC(=O)[C@H](CCCCN)NC(=O)[C@H](Cc1cnc[nH]1)NC(=O)[C@H](CO)NC(=O)[C@H](CC(C)C)NC(=O)[C@H](CCCN=C(N)N)NC(=O)[C@@H]1CCCN1C(=O)[C@H](CCCN=C(N)N)NC(=O)[C@H](CCC(N)=O)NC(=O)[C@@H](N)CCCCNC(=O)CCC(F)(F)C(F)(F)C(F)(F)C(F)(F)C(F)(F)C(F)(F)C(F)(F)C(F)(F)F)C(=O)N1CCC[C@H]1C(=O)N[C@@H](Cc1ccccc1)C(=O)O. The molecule has 3 saturated heterocycles. The van der Waals surface area contributed by atoms with Crippen LogP contribution in [0.3, 0.4) is 0 Å². The van der Waals surface area contributed by atoms with Crippen LogP contribution in [0.25, 0.3) is 0 Å². The quantitative estimate of drug-likeness (QED) is 0.0171. The molecule has 828 valence electrons. The fourth-order valence-electron chi connectivity index (χ4n) is 15.9. The summed E-state index contributed by atoms with van der Waals surface area (Å²) in [4.78, 5) is 241. The van der Waals surface area contributed by atoms with Crippen LogP contribution in [0.15, 0.2) is 52.8 Å². The van der Waals surface area contributed by atoms with E-state index in [1.165, 1.54) is 34.1 Å². The minimum atomic E-state index is -8.85. The Morgan fingerprint density at radius 3 is 1.42 bits per heavy atom. The molecule has 43 nitrogen and oxygen atoms in total. The molecule has 28 N–H and O–H groups in total. The van der Waals surface area contributed by atoms with Crippen LogP contribution in [0, 0.1) is 5.92 Å². The number of carbonyl (C=O) groups excluding carboxylic acids is 15. The number of carbonyl (C=O) groups is 16. The van der Waals surface area contributed by atoms with Gasteiger partial charge >= 0.3 is 53.6 Å². The number of aliphatic carboxylic acids is 1. The van der Waals surface area contributed by atoms with Gasteiger partial charge in [-0.3, -0.25) is 81.9 Å². The fraction of sp³-hybridized carbons (Fsp3) is 0.686. The third-order valence-corrected chi connectivity index (χ3v) is 24.6. The molecule has 3 aliphatic rings. The zero-order valence-electron chi connectivity index (χ0n) is 80.2. The van der Waals surface area contributed by atoms with Crippen molar-refractivity contribution in [3.63, 3.8) is 0 Å². The molecule has 0 saturated carbocycles. The minimum Gasteiger partial charge on any atom is -0.480 e. The number of unbranched alkanes of at least 4 members (excludes halogenated alkanes) is 2. The molecule has 0 bridgehead atoms. The smallest absolute Gasteiger partial charge is 0.460 e. The van der Waals surface area contributed by atoms with Gasteiger partial charge in [-0.15, -0.1) is 0 Å². The van der Waals surface area contributed by atoms with Crippen LogP contribution < -0.4 is 98.6 Å². The molecule has 0 spiro atoms. The molecule has 3 aliphatic heterocycles. The van der Waals surface area contributed by atoms with Gasteiger partial charge in [-0.2, -0.15) is 86.4 Å². The molecule has 4 heterocycles. The van der Waals surface area contributed by atoms with E-state index in [0.29, 0.717) is 30.6 Å². The first-order valence-electron chi connectivity index (χ1n) is 46.7. The molecule has 3 fully saturated rings. The Hall–Kier alpha value is -12.5. The van der Waals surface area contributed by atoms with Crippen LogP contribution in [0.5, 0.6) is 0 Å². The fourth-order valence-corrected chi connectivity index (χ4v) is 16.3. The molecule has 1 aromatic carbocycles. The number of amides is 15. The number of nitrogens with one attached hydrogen (secondary N) is 12. The van der Waals surface area contributed by atoms with Gasteiger partial charge in [0.15, 0.2) is 11.9 Å². The monoisotopic (exact) mass is 2150 g/mol. The number of aliphatic hydroxyl groups excluding tert-OH is 1. The van der Waals surface area contributed by atoms with Crippen molar-refractivity contribution in [3.8, 4) is 0 Å². The lowest BCUT2D eigenvalue weighted by Gasteiger charge is -2.42. The number of primary amides is 1. The van der Waals surface area contributed by atoms with E-state index >= 15 is 0 Å². The lowest BCUT2D eigenvalue weighted by atomic mass is 9.88. The van der Waals surface area contributed by atoms with Crippen LogP contribution in [-0.2, 0) is 89.6 Å². The molecule has 61 heteroatoms. The van der Waals surface area contributed by atoms with Crippen LogP contribution in [0.1, 0.15) is 166 Å². The summed E-state index contributed by atoms with van der Waals surface area (Å²) < 4.78 is 234. The highest BCUT2D eigenvalue weighted by atomic mass is 32.2. The summed E-state index contributed by atoms with van der Waals surface area (Å²) in [5, 5.41) is 47.7. The lowest BCUT2D eigenvalue weighted by molar-refractivity contribution is -0.461. The molecule has 2 aromatic rings. The number of alkyl halides is 17. The molecule has 1 aromatic heterocycles. The van der Waals surface area contributed by atoms with Gasteiger partial charge in [0, 0.05) is 83.3 Å². The van der Waals surface area contributed by atoms with Crippen molar-refractivity contribution in [3.05, 3.63) is 54.1 Å². The van der Waals surface area contributed by atoms with Crippen molar-refractivity contribution in [2.24, 2.45) is 56.0 Å². The second kappa shape index (κ2) is 56.6. The first kappa shape index (κ1) is 125. The maximum absolute atomic E-state index is 14.9. The number of halogens is 17. The van der Waals surface area contributed by atoms with Crippen LogP contribution >= 0.6 is 11.8 Å². The number of carboxylic acid groups (broad SMARTS) is 1. The highest BCUT2D eigenvalue weighted by Crippen LogP contribution is 2.64. The van der Waals surface area contributed by atoms with Crippen molar-refractivity contribution in [2.45, 2.75) is 294 Å². The molecule has 147 heavy (non-hydrogen) atoms. The average Bonchev–Trinajstić information content (AvgIpc) is 1.59. The maximum atomic E-state index is 14.9. The Morgan fingerprint density at radius 2 is 0.918 bits per heavy atom. The van der Waals surface area contributed by atoms with Crippen molar-refractivity contribution in [1.82, 2.24) is 83.2 Å². The van der Waals surface area contributed by atoms with Crippen molar-refractivity contribution in [2.75, 3.05) is 71.0 Å². The van der Waals surface area contributed by atoms with Gasteiger partial charge in [0.1, 0.15) is 72.5 Å². The summed E-state index contributed by atoms with van der Waals surface area (Å²) >= 11 is 1.38. The topological polar surface area (TPSA) is 691 Å². The zero-order chi connectivity index (χ0) is 111. The average molecular weight is 2150 g/mol. The van der Waals surface area contributed by atoms with Crippen molar-refractivity contribution >= 4 is 118 Å². The number of imidazole rings is 1. The highest BCUT2D eigenvalue weighted by molar-refractivity contribution is 7.98. The Balaban J connectivity index is 1.26. The molecule has 5 rings (SSSR count). The number of aromatic amines is 1. The van der Waals surface area contributed by atoms with Gasteiger partial charge in [0.05, 0.1) is 25.5 Å². The largest absolute Gasteiger partial charge is 0.480 e. The zero-order valence-corrected chi connectivity index (χ0v) is 81.0. The number of benzene rings is 1. The van der Waals surface area contributed by atoms with Gasteiger partial charge in [-0.25, -0.2) is 9.78 Å². The van der Waals surface area contributed by atoms with Crippen molar-refractivity contribution in [1.29, 1.82) is 0 Å². The number of H-pyrrole nitrogens is 1. The predicted octanol–water partition coefficient (Wildman–Crippen LogP) is -0.571. The summed E-state index contributed by atoms with van der Waals surface area (Å²) in [5.74, 6) is -75.6. The van der Waals surface area contributed by atoms with E-state index in [2.05, 4.69) is 73.1 Å². The predicted molar refractivity (Wildman–Crippen MR) is 490 cm³/mol. The third kappa shape index (κ3) is 35.1. The lowest BCUT2D eigenvalue weighted by Crippen LogP contribution is -2.74. The van der Waals surface area contributed by atoms with Gasteiger partial charge in [0.25, 0.3) is 0 Å². The first-order chi connectivity index (χ1) is 68.6. The molecule has 0 aliphatic carbocycles. The minimum absolute atomic E-state index is 0.0354. The number of guanidine groups is 2. The number of thioether (sulfide) groups is 1. The molecule has 0 radical (unpaired) electrons. The van der Waals surface area contributed by atoms with Gasteiger partial charge in [-0.1, -0.05) is 44.2 Å². The summed E-state index contributed by atoms with van der Waals surface area (Å²) in [6.45, 7) is 0.419. The molecular weight excluding hydrogens is 2030 g/mol. The van der Waals surface area contributed by atoms with E-state index in [1.807, 2.05) is 0 Å². The van der Waals surface area contributed by atoms with Gasteiger partial charge < -0.3 is 129 Å². The summed E-state index contributed by atoms with van der Waals surface area (Å²) in [6, 6.07) is -11.0. The Kier molecular flexibility index (Phi) is 48.1. The number of hydrogen-bond acceptors (Lipinski definition) is 23. The highest BCUT2D eigenvalue weighted by Gasteiger charge is 2.95. The van der Waals surface area contributed by atoms with E-state index in [4.69, 9.17) is 40.1 Å². The Morgan fingerprint density at radius 1 is 0.483 bits per heavy atom. The number of nitrogens with zero attached hydrogens (tertiary/aromatic N) is 6. The third-order valence-electron chi connectivity index (χ3n) is 23.9. The summed E-state index contributed by atoms with van der Waals surface area (Å²) in [7, 11) is 0. The molecular formula is C86H126F17N25O18S. The number of rotatable bonds is 63. The molecule has 13 atom stereocenters. The number of aliphatic imine (C=N–C) groups is 2. The number of carboxylic acids is 1. The maximum Gasteiger partial charge on any atom is 0.460 e. The van der Waals surface area contributed by atoms with Crippen LogP contribution in [0.4, 0.5) is 74.6 Å². The van der Waals surface area contributed by atoms with Gasteiger partial charge in [-0.05, 0) is 152 Å². The summed E-state index contributed by atoms with van der Waals surface area (Å²) in [5.41, 5.74) is 40.3. The number of hydrogen-bond donors (Lipinski definition) is 21. The number of likely N-dealkylation sites (tertiary alicyclic amines) is 3. The van der Waals surface area contributed by atoms with E-state index < -0.39 is 284 Å². The second-order valence-electron chi connectivity index (χ2n) is 35.6. The Bertz CT molecular complexity index is 4850. The van der Waals surface area contributed by atoms with E-state index in [9.17, 15) is 162 Å². The number of nitrogens with two attached hydrogens (primary N) is 7.